The molecule has 17 heavy (non-hydrogen) atoms. The summed E-state index contributed by atoms with van der Waals surface area (Å²) in [5, 5.41) is 0. The lowest BCUT2D eigenvalue weighted by Crippen LogP contribution is -2.51. The Bertz CT molecular complexity index is 163. The van der Waals surface area contributed by atoms with E-state index in [1.54, 1.807) is 28.4 Å². The van der Waals surface area contributed by atoms with Crippen LogP contribution in [0.3, 0.4) is 0 Å². The molecule has 0 aliphatic heterocycles. The first kappa shape index (κ1) is 16.8. The molecule has 104 valence electrons. The molecule has 0 aromatic heterocycles. The first-order valence-electron chi connectivity index (χ1n) is 5.61. The lowest BCUT2D eigenvalue weighted by Gasteiger charge is -2.39. The molecular weight excluding hydrogens is 224 g/mol. The summed E-state index contributed by atoms with van der Waals surface area (Å²) >= 11 is 0. The van der Waals surface area contributed by atoms with Crippen molar-refractivity contribution < 1.29 is 23.7 Å². The Labute approximate surface area is 104 Å². The summed E-state index contributed by atoms with van der Waals surface area (Å²) in [7, 11) is 6.56. The summed E-state index contributed by atoms with van der Waals surface area (Å²) in [6.07, 6.45) is 0. The molecule has 0 aliphatic rings. The number of methoxy groups -OCH3 is 4. The molecule has 0 saturated heterocycles. The third-order valence-corrected chi connectivity index (χ3v) is 2.29. The van der Waals surface area contributed by atoms with Crippen LogP contribution < -0.4 is 0 Å². The van der Waals surface area contributed by atoms with Crippen LogP contribution in [0, 0.1) is 0 Å². The average molecular weight is 250 g/mol. The molecular formula is C12H26O5. The summed E-state index contributed by atoms with van der Waals surface area (Å²) in [6.45, 7) is 5.69. The van der Waals surface area contributed by atoms with Crippen LogP contribution in [-0.2, 0) is 23.7 Å². The highest BCUT2D eigenvalue weighted by molar-refractivity contribution is 4.83. The van der Waals surface area contributed by atoms with Crippen molar-refractivity contribution in [2.45, 2.75) is 25.0 Å². The fraction of sp³-hybridized carbons (Fsp3) is 1.00. The van der Waals surface area contributed by atoms with Crippen LogP contribution in [0.25, 0.3) is 0 Å². The van der Waals surface area contributed by atoms with Crippen LogP contribution in [0.5, 0.6) is 0 Å². The number of hydrogen-bond donors (Lipinski definition) is 0. The number of ether oxygens (including phenoxy) is 5. The highest BCUT2D eigenvalue weighted by atomic mass is 16.6. The van der Waals surface area contributed by atoms with Gasteiger partial charge in [0, 0.05) is 28.4 Å². The van der Waals surface area contributed by atoms with E-state index in [1.807, 2.05) is 13.8 Å². The summed E-state index contributed by atoms with van der Waals surface area (Å²) in [6, 6.07) is 0. The van der Waals surface area contributed by atoms with Crippen LogP contribution in [-0.4, -0.2) is 66.1 Å². The average Bonchev–Trinajstić information content (AvgIpc) is 2.17. The van der Waals surface area contributed by atoms with Gasteiger partial charge in [-0.25, -0.2) is 0 Å². The van der Waals surface area contributed by atoms with E-state index >= 15 is 0 Å². The lowest BCUT2D eigenvalue weighted by molar-refractivity contribution is -0.213. The molecule has 0 amide bonds. The van der Waals surface area contributed by atoms with E-state index in [2.05, 4.69) is 0 Å². The maximum atomic E-state index is 6.09. The Morgan fingerprint density at radius 3 is 1.00 bits per heavy atom. The van der Waals surface area contributed by atoms with Crippen molar-refractivity contribution in [3.8, 4) is 0 Å². The van der Waals surface area contributed by atoms with E-state index < -0.39 is 11.2 Å². The van der Waals surface area contributed by atoms with Gasteiger partial charge in [0.1, 0.15) is 11.2 Å². The Kier molecular flexibility index (Phi) is 7.91. The summed E-state index contributed by atoms with van der Waals surface area (Å²) in [4.78, 5) is 0. The summed E-state index contributed by atoms with van der Waals surface area (Å²) in [5.74, 6) is 0. The van der Waals surface area contributed by atoms with Gasteiger partial charge in [-0.1, -0.05) is 0 Å². The van der Waals surface area contributed by atoms with E-state index in [0.29, 0.717) is 26.4 Å². The molecule has 0 rings (SSSR count). The van der Waals surface area contributed by atoms with Gasteiger partial charge in [0.25, 0.3) is 0 Å². The highest BCUT2D eigenvalue weighted by Crippen LogP contribution is 2.22. The van der Waals surface area contributed by atoms with Gasteiger partial charge in [0.2, 0.25) is 0 Å². The Morgan fingerprint density at radius 1 is 0.588 bits per heavy atom. The van der Waals surface area contributed by atoms with Gasteiger partial charge in [-0.2, -0.15) is 0 Å². The van der Waals surface area contributed by atoms with Crippen molar-refractivity contribution in [2.75, 3.05) is 54.9 Å². The smallest absolute Gasteiger partial charge is 0.113 e. The SMILES string of the molecule is COCC(C)(COC)OC(C)(COC)COC. The molecule has 0 unspecified atom stereocenters. The van der Waals surface area contributed by atoms with Gasteiger partial charge < -0.3 is 23.7 Å². The molecule has 0 saturated carbocycles. The topological polar surface area (TPSA) is 46.2 Å². The predicted octanol–water partition coefficient (Wildman–Crippen LogP) is 1.11. The van der Waals surface area contributed by atoms with Gasteiger partial charge in [0.15, 0.2) is 0 Å². The third kappa shape index (κ3) is 6.33. The molecule has 0 aromatic carbocycles. The normalized spacial score (nSPS) is 13.1. The number of hydrogen-bond acceptors (Lipinski definition) is 5. The summed E-state index contributed by atoms with van der Waals surface area (Å²) in [5.41, 5.74) is -1.04. The van der Waals surface area contributed by atoms with Gasteiger partial charge in [-0.05, 0) is 13.8 Å². The van der Waals surface area contributed by atoms with Crippen molar-refractivity contribution in [1.29, 1.82) is 0 Å². The fourth-order valence-corrected chi connectivity index (χ4v) is 2.02. The van der Waals surface area contributed by atoms with Crippen LogP contribution in [0.4, 0.5) is 0 Å². The van der Waals surface area contributed by atoms with E-state index in [9.17, 15) is 0 Å². The van der Waals surface area contributed by atoms with Crippen molar-refractivity contribution in [3.63, 3.8) is 0 Å². The second-order valence-electron chi connectivity index (χ2n) is 4.73. The molecule has 0 bridgehead atoms. The van der Waals surface area contributed by atoms with Gasteiger partial charge in [0.05, 0.1) is 26.4 Å². The van der Waals surface area contributed by atoms with Gasteiger partial charge in [-0.3, -0.25) is 0 Å². The minimum Gasteiger partial charge on any atom is -0.382 e. The Hall–Kier alpha value is -0.200. The molecule has 5 nitrogen and oxygen atoms in total. The molecule has 0 heterocycles. The maximum Gasteiger partial charge on any atom is 0.113 e. The third-order valence-electron chi connectivity index (χ3n) is 2.29. The maximum absolute atomic E-state index is 6.09. The molecule has 0 atom stereocenters. The van der Waals surface area contributed by atoms with Crippen LogP contribution in [0.1, 0.15) is 13.8 Å². The summed E-state index contributed by atoms with van der Waals surface area (Å²) < 4.78 is 26.8. The van der Waals surface area contributed by atoms with Crippen LogP contribution in [0.15, 0.2) is 0 Å². The lowest BCUT2D eigenvalue weighted by atomic mass is 10.0. The molecule has 0 aliphatic carbocycles. The molecule has 5 heteroatoms. The van der Waals surface area contributed by atoms with Crippen LogP contribution >= 0.6 is 0 Å². The monoisotopic (exact) mass is 250 g/mol. The first-order chi connectivity index (χ1) is 7.95. The second-order valence-corrected chi connectivity index (χ2v) is 4.73. The van der Waals surface area contributed by atoms with Crippen LogP contribution in [0.2, 0.25) is 0 Å². The Morgan fingerprint density at radius 2 is 0.824 bits per heavy atom. The zero-order valence-electron chi connectivity index (χ0n) is 11.9. The van der Waals surface area contributed by atoms with E-state index in [1.165, 1.54) is 0 Å². The van der Waals surface area contributed by atoms with E-state index in [0.717, 1.165) is 0 Å². The highest BCUT2D eigenvalue weighted by Gasteiger charge is 2.36. The molecule has 0 spiro atoms. The van der Waals surface area contributed by atoms with E-state index in [4.69, 9.17) is 23.7 Å². The van der Waals surface area contributed by atoms with Crippen molar-refractivity contribution in [2.24, 2.45) is 0 Å². The van der Waals surface area contributed by atoms with Gasteiger partial charge in [-0.15, -0.1) is 0 Å². The largest absolute Gasteiger partial charge is 0.382 e. The zero-order chi connectivity index (χ0) is 13.4. The minimum atomic E-state index is -0.519. The molecule has 0 aromatic rings. The Balaban J connectivity index is 4.65. The molecule has 0 N–H and O–H groups in total. The van der Waals surface area contributed by atoms with Gasteiger partial charge >= 0.3 is 0 Å². The first-order valence-corrected chi connectivity index (χ1v) is 5.61. The van der Waals surface area contributed by atoms with E-state index in [-0.39, 0.29) is 0 Å². The molecule has 0 fully saturated rings. The fourth-order valence-electron chi connectivity index (χ4n) is 2.02. The minimum absolute atomic E-state index is 0.448. The quantitative estimate of drug-likeness (QED) is 0.581. The van der Waals surface area contributed by atoms with Crippen molar-refractivity contribution in [3.05, 3.63) is 0 Å². The van der Waals surface area contributed by atoms with Crippen molar-refractivity contribution >= 4 is 0 Å². The second kappa shape index (κ2) is 8.00. The predicted molar refractivity (Wildman–Crippen MR) is 65.4 cm³/mol. The van der Waals surface area contributed by atoms with Crippen molar-refractivity contribution in [1.82, 2.24) is 0 Å². The molecule has 0 radical (unpaired) electrons. The standard InChI is InChI=1S/C12H26O5/c1-11(7-13-3,8-14-4)17-12(2,9-15-5)10-16-6/h7-10H2,1-6H3. The zero-order valence-corrected chi connectivity index (χ0v) is 11.9. The number of rotatable bonds is 10.